The van der Waals surface area contributed by atoms with Crippen LogP contribution in [0.1, 0.15) is 0 Å². The van der Waals surface area contributed by atoms with E-state index in [2.05, 4.69) is 26.2 Å². The van der Waals surface area contributed by atoms with Gasteiger partial charge >= 0.3 is 0 Å². The Hall–Kier alpha value is -1.95. The maximum atomic E-state index is 13.3. The lowest BCUT2D eigenvalue weighted by Crippen LogP contribution is -2.02. The van der Waals surface area contributed by atoms with E-state index in [1.807, 2.05) is 24.3 Å². The number of aromatic nitrogens is 3. The largest absolute Gasteiger partial charge is 0.397 e. The van der Waals surface area contributed by atoms with Gasteiger partial charge in [-0.1, -0.05) is 17.3 Å². The Balaban J connectivity index is 2.29. The highest BCUT2D eigenvalue weighted by Crippen LogP contribution is 2.27. The Morgan fingerprint density at radius 2 is 2.00 bits per heavy atom. The molecule has 4 nitrogen and oxygen atoms in total. The molecule has 1 aromatic heterocycles. The average Bonchev–Trinajstić information content (AvgIpc) is 2.78. The van der Waals surface area contributed by atoms with Crippen molar-refractivity contribution in [2.75, 3.05) is 5.73 Å². The number of fused-ring (bicyclic) bond motifs is 1. The molecule has 0 saturated heterocycles. The van der Waals surface area contributed by atoms with Crippen molar-refractivity contribution < 1.29 is 4.39 Å². The van der Waals surface area contributed by atoms with Gasteiger partial charge in [0.15, 0.2) is 0 Å². The Bertz CT molecular complexity index is 738. The number of halogens is 2. The van der Waals surface area contributed by atoms with Gasteiger partial charge < -0.3 is 5.73 Å². The maximum absolute atomic E-state index is 13.3. The molecule has 6 heteroatoms. The first kappa shape index (κ1) is 11.2. The number of nitrogens with zero attached hydrogens (tertiary/aromatic N) is 3. The van der Waals surface area contributed by atoms with Crippen molar-refractivity contribution in [3.63, 3.8) is 0 Å². The zero-order valence-electron chi connectivity index (χ0n) is 9.14. The minimum absolute atomic E-state index is 0.311. The van der Waals surface area contributed by atoms with Crippen LogP contribution in [0.3, 0.4) is 0 Å². The molecule has 2 aromatic carbocycles. The number of benzene rings is 2. The number of hydrogen-bond acceptors (Lipinski definition) is 3. The van der Waals surface area contributed by atoms with Crippen LogP contribution in [0.25, 0.3) is 16.7 Å². The standard InChI is InChI=1S/C12H8BrFN4/c13-7-5-12(9(15)6-8(7)14)18-11-4-2-1-3-10(11)16-17-18/h1-6H,15H2. The van der Waals surface area contributed by atoms with Gasteiger partial charge in [-0.3, -0.25) is 0 Å². The fraction of sp³-hybridized carbons (Fsp3) is 0. The number of anilines is 1. The topological polar surface area (TPSA) is 56.7 Å². The lowest BCUT2D eigenvalue weighted by molar-refractivity contribution is 0.621. The third-order valence-corrected chi connectivity index (χ3v) is 3.26. The highest BCUT2D eigenvalue weighted by atomic mass is 79.9. The fourth-order valence-electron chi connectivity index (χ4n) is 1.78. The molecule has 3 rings (SSSR count). The van der Waals surface area contributed by atoms with Gasteiger partial charge in [-0.15, -0.1) is 5.10 Å². The molecule has 0 saturated carbocycles. The van der Waals surface area contributed by atoms with E-state index in [0.29, 0.717) is 15.8 Å². The summed E-state index contributed by atoms with van der Waals surface area (Å²) in [6, 6.07) is 10.4. The smallest absolute Gasteiger partial charge is 0.139 e. The van der Waals surface area contributed by atoms with Crippen LogP contribution in [0.4, 0.5) is 10.1 Å². The molecule has 0 bridgehead atoms. The zero-order valence-corrected chi connectivity index (χ0v) is 10.7. The Labute approximate surface area is 110 Å². The summed E-state index contributed by atoms with van der Waals surface area (Å²) in [6.07, 6.45) is 0. The minimum atomic E-state index is -0.402. The van der Waals surface area contributed by atoms with Crippen LogP contribution >= 0.6 is 15.9 Å². The van der Waals surface area contributed by atoms with E-state index in [4.69, 9.17) is 5.73 Å². The van der Waals surface area contributed by atoms with Crippen LogP contribution in [-0.4, -0.2) is 15.0 Å². The van der Waals surface area contributed by atoms with Gasteiger partial charge in [0.1, 0.15) is 11.3 Å². The van der Waals surface area contributed by atoms with Crippen molar-refractivity contribution in [3.05, 3.63) is 46.7 Å². The van der Waals surface area contributed by atoms with Gasteiger partial charge in [0, 0.05) is 6.07 Å². The van der Waals surface area contributed by atoms with E-state index in [-0.39, 0.29) is 0 Å². The fourth-order valence-corrected chi connectivity index (χ4v) is 2.11. The second kappa shape index (κ2) is 4.06. The van der Waals surface area contributed by atoms with Gasteiger partial charge in [-0.05, 0) is 34.1 Å². The molecule has 18 heavy (non-hydrogen) atoms. The molecule has 0 amide bonds. The predicted molar refractivity (Wildman–Crippen MR) is 70.9 cm³/mol. The third-order valence-electron chi connectivity index (χ3n) is 2.65. The molecule has 0 radical (unpaired) electrons. The van der Waals surface area contributed by atoms with E-state index in [1.165, 1.54) is 6.07 Å². The van der Waals surface area contributed by atoms with Crippen molar-refractivity contribution in [1.82, 2.24) is 15.0 Å². The molecule has 0 unspecified atom stereocenters. The molecule has 0 atom stereocenters. The van der Waals surface area contributed by atoms with E-state index in [9.17, 15) is 4.39 Å². The molecule has 3 aromatic rings. The van der Waals surface area contributed by atoms with E-state index >= 15 is 0 Å². The molecule has 90 valence electrons. The van der Waals surface area contributed by atoms with Gasteiger partial charge in [-0.2, -0.15) is 0 Å². The van der Waals surface area contributed by atoms with Crippen LogP contribution in [0.15, 0.2) is 40.9 Å². The Kier molecular flexibility index (Phi) is 2.52. The maximum Gasteiger partial charge on any atom is 0.139 e. The second-order valence-electron chi connectivity index (χ2n) is 3.82. The van der Waals surface area contributed by atoms with Crippen LogP contribution < -0.4 is 5.73 Å². The van der Waals surface area contributed by atoms with E-state index in [1.54, 1.807) is 10.7 Å². The summed E-state index contributed by atoms with van der Waals surface area (Å²) in [7, 11) is 0. The lowest BCUT2D eigenvalue weighted by atomic mass is 10.2. The molecule has 0 fully saturated rings. The third kappa shape index (κ3) is 1.65. The minimum Gasteiger partial charge on any atom is -0.397 e. The Morgan fingerprint density at radius 3 is 2.83 bits per heavy atom. The van der Waals surface area contributed by atoms with Crippen molar-refractivity contribution in [2.45, 2.75) is 0 Å². The summed E-state index contributed by atoms with van der Waals surface area (Å²) in [4.78, 5) is 0. The lowest BCUT2D eigenvalue weighted by Gasteiger charge is -2.07. The van der Waals surface area contributed by atoms with Crippen LogP contribution in [-0.2, 0) is 0 Å². The monoisotopic (exact) mass is 306 g/mol. The molecular weight excluding hydrogens is 299 g/mol. The average molecular weight is 307 g/mol. The summed E-state index contributed by atoms with van der Waals surface area (Å²) in [5.41, 5.74) is 8.31. The number of nitrogens with two attached hydrogens (primary N) is 1. The van der Waals surface area contributed by atoms with Gasteiger partial charge in [-0.25, -0.2) is 9.07 Å². The number of para-hydroxylation sites is 1. The second-order valence-corrected chi connectivity index (χ2v) is 4.67. The molecule has 0 aliphatic heterocycles. The summed E-state index contributed by atoms with van der Waals surface area (Å²) in [5.74, 6) is -0.402. The Morgan fingerprint density at radius 1 is 1.22 bits per heavy atom. The van der Waals surface area contributed by atoms with Crippen molar-refractivity contribution in [1.29, 1.82) is 0 Å². The summed E-state index contributed by atoms with van der Waals surface area (Å²) in [5, 5.41) is 8.08. The first-order chi connectivity index (χ1) is 8.66. The van der Waals surface area contributed by atoms with Gasteiger partial charge in [0.05, 0.1) is 21.4 Å². The number of hydrogen-bond donors (Lipinski definition) is 1. The zero-order chi connectivity index (χ0) is 12.7. The first-order valence-corrected chi connectivity index (χ1v) is 6.01. The van der Waals surface area contributed by atoms with Crippen LogP contribution in [0.2, 0.25) is 0 Å². The quantitative estimate of drug-likeness (QED) is 0.703. The summed E-state index contributed by atoms with van der Waals surface area (Å²) >= 11 is 3.14. The van der Waals surface area contributed by atoms with E-state index < -0.39 is 5.82 Å². The summed E-state index contributed by atoms with van der Waals surface area (Å²) < 4.78 is 15.3. The van der Waals surface area contributed by atoms with Gasteiger partial charge in [0.25, 0.3) is 0 Å². The normalized spacial score (nSPS) is 11.0. The van der Waals surface area contributed by atoms with Gasteiger partial charge in [0.2, 0.25) is 0 Å². The molecule has 0 aliphatic carbocycles. The molecule has 0 spiro atoms. The summed E-state index contributed by atoms with van der Waals surface area (Å²) in [6.45, 7) is 0. The molecular formula is C12H8BrFN4. The van der Waals surface area contributed by atoms with Crippen molar-refractivity contribution in [3.8, 4) is 5.69 Å². The van der Waals surface area contributed by atoms with Crippen LogP contribution in [0, 0.1) is 5.82 Å². The predicted octanol–water partition coefficient (Wildman–Crippen LogP) is 2.90. The number of nitrogen functional groups attached to an aromatic ring is 1. The van der Waals surface area contributed by atoms with Crippen LogP contribution in [0.5, 0.6) is 0 Å². The molecule has 2 N–H and O–H groups in total. The first-order valence-electron chi connectivity index (χ1n) is 5.22. The molecule has 1 heterocycles. The highest BCUT2D eigenvalue weighted by Gasteiger charge is 2.11. The highest BCUT2D eigenvalue weighted by molar-refractivity contribution is 9.10. The van der Waals surface area contributed by atoms with Crippen molar-refractivity contribution in [2.24, 2.45) is 0 Å². The number of rotatable bonds is 1. The molecule has 0 aliphatic rings. The SMILES string of the molecule is Nc1cc(F)c(Br)cc1-n1nnc2ccccc21. The van der Waals surface area contributed by atoms with E-state index in [0.717, 1.165) is 11.0 Å². The van der Waals surface area contributed by atoms with Crippen molar-refractivity contribution >= 4 is 32.7 Å².